The van der Waals surface area contributed by atoms with Crippen LogP contribution < -0.4 is 0 Å². The Balaban J connectivity index is 0. The van der Waals surface area contributed by atoms with Crippen LogP contribution in [0.5, 0.6) is 0 Å². The van der Waals surface area contributed by atoms with Crippen molar-refractivity contribution >= 4 is 0 Å². The fraction of sp³-hybridized carbons (Fsp3) is 1.00. The van der Waals surface area contributed by atoms with Gasteiger partial charge in [-0.25, -0.2) is 0 Å². The molecule has 0 aliphatic heterocycles. The van der Waals surface area contributed by atoms with Gasteiger partial charge in [-0.15, -0.1) is 0 Å². The molecular formula is C14H32. The number of hydrogen-bond acceptors (Lipinski definition) is 0. The van der Waals surface area contributed by atoms with Crippen LogP contribution in [0.4, 0.5) is 0 Å². The minimum absolute atomic E-state index is 0.833. The fourth-order valence-corrected chi connectivity index (χ4v) is 1.25. The minimum Gasteiger partial charge on any atom is -0.0654 e. The van der Waals surface area contributed by atoms with E-state index in [0.717, 1.165) is 11.8 Å². The maximum Gasteiger partial charge on any atom is -0.0443 e. The molecule has 0 fully saturated rings. The van der Waals surface area contributed by atoms with Crippen LogP contribution >= 0.6 is 0 Å². The quantitative estimate of drug-likeness (QED) is 0.518. The molecule has 0 saturated heterocycles. The van der Waals surface area contributed by atoms with E-state index >= 15 is 0 Å². The van der Waals surface area contributed by atoms with Gasteiger partial charge in [0.05, 0.1) is 0 Å². The molecule has 0 unspecified atom stereocenters. The third kappa shape index (κ3) is 22.7. The van der Waals surface area contributed by atoms with Crippen molar-refractivity contribution in [3.8, 4) is 0 Å². The average Bonchev–Trinajstić information content (AvgIpc) is 2.10. The van der Waals surface area contributed by atoms with E-state index in [9.17, 15) is 0 Å². The maximum atomic E-state index is 2.38. The lowest BCUT2D eigenvalue weighted by atomic mass is 9.98. The van der Waals surface area contributed by atoms with Crippen molar-refractivity contribution in [2.24, 2.45) is 11.8 Å². The van der Waals surface area contributed by atoms with Gasteiger partial charge in [0.25, 0.3) is 0 Å². The maximum absolute atomic E-state index is 2.38. The van der Waals surface area contributed by atoms with E-state index in [2.05, 4.69) is 41.5 Å². The van der Waals surface area contributed by atoms with Crippen molar-refractivity contribution in [1.29, 1.82) is 0 Å². The highest BCUT2D eigenvalue weighted by Crippen LogP contribution is 2.14. The molecule has 0 bridgehead atoms. The van der Waals surface area contributed by atoms with Gasteiger partial charge >= 0.3 is 0 Å². The van der Waals surface area contributed by atoms with Gasteiger partial charge in [0.1, 0.15) is 0 Å². The molecule has 0 heterocycles. The Bertz CT molecular complexity index is 73.3. The lowest BCUT2D eigenvalue weighted by molar-refractivity contribution is 0.454. The summed E-state index contributed by atoms with van der Waals surface area (Å²) in [5.41, 5.74) is 0. The highest BCUT2D eigenvalue weighted by atomic mass is 14.0. The third-order valence-corrected chi connectivity index (χ3v) is 2.10. The molecule has 0 spiro atoms. The molecule has 0 aliphatic rings. The summed E-state index contributed by atoms with van der Waals surface area (Å²) in [5, 5.41) is 0. The van der Waals surface area contributed by atoms with Crippen LogP contribution in [0.3, 0.4) is 0 Å². The highest BCUT2D eigenvalue weighted by molar-refractivity contribution is 4.52. The molecule has 0 amide bonds. The van der Waals surface area contributed by atoms with Crippen molar-refractivity contribution in [3.05, 3.63) is 0 Å². The Morgan fingerprint density at radius 3 is 1.21 bits per heavy atom. The molecule has 0 atom stereocenters. The normalized spacial score (nSPS) is 10.3. The molecule has 0 N–H and O–H groups in total. The topological polar surface area (TPSA) is 0 Å². The smallest absolute Gasteiger partial charge is 0.0443 e. The van der Waals surface area contributed by atoms with Gasteiger partial charge in [0.2, 0.25) is 0 Å². The fourth-order valence-electron chi connectivity index (χ4n) is 1.25. The van der Waals surface area contributed by atoms with Gasteiger partial charge in [-0.2, -0.15) is 0 Å². The largest absolute Gasteiger partial charge is 0.0654 e. The van der Waals surface area contributed by atoms with Gasteiger partial charge in [-0.05, 0) is 11.8 Å². The molecule has 0 nitrogen and oxygen atoms in total. The van der Waals surface area contributed by atoms with E-state index < -0.39 is 0 Å². The van der Waals surface area contributed by atoms with Crippen LogP contribution in [-0.4, -0.2) is 0 Å². The highest BCUT2D eigenvalue weighted by Gasteiger charge is 1.98. The summed E-state index contributed by atoms with van der Waals surface area (Å²) < 4.78 is 0. The van der Waals surface area contributed by atoms with Gasteiger partial charge < -0.3 is 0 Å². The van der Waals surface area contributed by atoms with E-state index in [4.69, 9.17) is 0 Å². The second-order valence-electron chi connectivity index (χ2n) is 5.12. The first-order valence-corrected chi connectivity index (χ1v) is 6.54. The molecule has 0 rings (SSSR count). The van der Waals surface area contributed by atoms with E-state index in [1.807, 2.05) is 0 Å². The molecule has 0 heteroatoms. The first kappa shape index (κ1) is 16.4. The van der Waals surface area contributed by atoms with Crippen LogP contribution in [-0.2, 0) is 0 Å². The summed E-state index contributed by atoms with van der Waals surface area (Å²) in [5.74, 6) is 1.81. The van der Waals surface area contributed by atoms with Crippen LogP contribution in [0.25, 0.3) is 0 Å². The van der Waals surface area contributed by atoms with Crippen molar-refractivity contribution in [3.63, 3.8) is 0 Å². The Kier molecular flexibility index (Phi) is 15.3. The SMILES string of the molecule is CC(C)C.CCCCC(C)CCCC. The van der Waals surface area contributed by atoms with Gasteiger partial charge in [-0.1, -0.05) is 80.1 Å². The lowest BCUT2D eigenvalue weighted by Crippen LogP contribution is -1.93. The summed E-state index contributed by atoms with van der Waals surface area (Å²) in [6.07, 6.45) is 8.44. The zero-order valence-corrected chi connectivity index (χ0v) is 11.4. The zero-order chi connectivity index (χ0) is 11.4. The standard InChI is InChI=1S/C10H22.C4H10/c1-4-6-8-10(3)9-7-5-2;1-4(2)3/h10H,4-9H2,1-3H3;4H,1-3H3. The third-order valence-electron chi connectivity index (χ3n) is 2.10. The lowest BCUT2D eigenvalue weighted by Gasteiger charge is -2.08. The monoisotopic (exact) mass is 200 g/mol. The van der Waals surface area contributed by atoms with E-state index in [1.165, 1.54) is 38.5 Å². The molecule has 14 heavy (non-hydrogen) atoms. The molecule has 88 valence electrons. The van der Waals surface area contributed by atoms with Crippen molar-refractivity contribution in [2.45, 2.75) is 80.1 Å². The molecule has 0 aromatic rings. The first-order valence-electron chi connectivity index (χ1n) is 6.54. The van der Waals surface area contributed by atoms with E-state index in [1.54, 1.807) is 0 Å². The Morgan fingerprint density at radius 2 is 1.00 bits per heavy atom. The number of hydrogen-bond donors (Lipinski definition) is 0. The summed E-state index contributed by atoms with van der Waals surface area (Å²) in [7, 11) is 0. The first-order chi connectivity index (χ1) is 6.54. The Hall–Kier alpha value is 0. The predicted molar refractivity (Wildman–Crippen MR) is 68.7 cm³/mol. The second kappa shape index (κ2) is 13.0. The number of rotatable bonds is 6. The zero-order valence-electron chi connectivity index (χ0n) is 11.4. The summed E-state index contributed by atoms with van der Waals surface area (Å²) in [6, 6.07) is 0. The van der Waals surface area contributed by atoms with Gasteiger partial charge in [0.15, 0.2) is 0 Å². The van der Waals surface area contributed by atoms with E-state index in [0.29, 0.717) is 0 Å². The molecule has 0 aromatic carbocycles. The number of unbranched alkanes of at least 4 members (excludes halogenated alkanes) is 2. The van der Waals surface area contributed by atoms with Crippen LogP contribution in [0.2, 0.25) is 0 Å². The van der Waals surface area contributed by atoms with Crippen molar-refractivity contribution in [2.75, 3.05) is 0 Å². The van der Waals surface area contributed by atoms with E-state index in [-0.39, 0.29) is 0 Å². The minimum atomic E-state index is 0.833. The molecule has 0 saturated carbocycles. The van der Waals surface area contributed by atoms with Crippen molar-refractivity contribution in [1.82, 2.24) is 0 Å². The predicted octanol–water partition coefficient (Wildman–Crippen LogP) is 5.67. The molecule has 0 aromatic heterocycles. The van der Waals surface area contributed by atoms with Crippen molar-refractivity contribution < 1.29 is 0 Å². The molecular weight excluding hydrogens is 168 g/mol. The average molecular weight is 200 g/mol. The van der Waals surface area contributed by atoms with Gasteiger partial charge in [0, 0.05) is 0 Å². The van der Waals surface area contributed by atoms with Crippen LogP contribution in [0, 0.1) is 11.8 Å². The van der Waals surface area contributed by atoms with Gasteiger partial charge in [-0.3, -0.25) is 0 Å². The molecule has 0 radical (unpaired) electrons. The summed E-state index contributed by atoms with van der Waals surface area (Å²) >= 11 is 0. The van der Waals surface area contributed by atoms with Crippen LogP contribution in [0.15, 0.2) is 0 Å². The second-order valence-corrected chi connectivity index (χ2v) is 5.12. The Labute approximate surface area is 92.5 Å². The molecule has 0 aliphatic carbocycles. The Morgan fingerprint density at radius 1 is 0.714 bits per heavy atom. The van der Waals surface area contributed by atoms with Crippen LogP contribution in [0.1, 0.15) is 80.1 Å². The summed E-state index contributed by atoms with van der Waals surface area (Å²) in [6.45, 7) is 13.4. The summed E-state index contributed by atoms with van der Waals surface area (Å²) in [4.78, 5) is 0.